The van der Waals surface area contributed by atoms with Crippen LogP contribution in [0.1, 0.15) is 37.7 Å². The molecule has 1 aromatic carbocycles. The standard InChI is InChI=1S/C18H26N2O/c21-18-17(16-9-11-19-12-10-16)8-4-5-13-20(18)14-15-6-2-1-3-7-15/h1-3,6-7,16-17,19H,4-5,8-14H2/t17-/m0/s1. The Balaban J connectivity index is 1.69. The highest BCUT2D eigenvalue weighted by Gasteiger charge is 2.33. The van der Waals surface area contributed by atoms with E-state index < -0.39 is 0 Å². The molecule has 2 aliphatic heterocycles. The highest BCUT2D eigenvalue weighted by molar-refractivity contribution is 5.79. The first-order valence-corrected chi connectivity index (χ1v) is 8.38. The molecule has 1 aromatic rings. The second-order valence-electron chi connectivity index (χ2n) is 6.44. The molecule has 3 rings (SSSR count). The maximum atomic E-state index is 13.0. The van der Waals surface area contributed by atoms with Gasteiger partial charge in [0.15, 0.2) is 0 Å². The lowest BCUT2D eigenvalue weighted by Crippen LogP contribution is -2.40. The molecule has 2 saturated heterocycles. The van der Waals surface area contributed by atoms with E-state index in [9.17, 15) is 4.79 Å². The first-order valence-electron chi connectivity index (χ1n) is 8.38. The molecule has 1 atom stereocenters. The molecule has 21 heavy (non-hydrogen) atoms. The lowest BCUT2D eigenvalue weighted by Gasteiger charge is -2.32. The number of piperidine rings is 1. The smallest absolute Gasteiger partial charge is 0.226 e. The van der Waals surface area contributed by atoms with Gasteiger partial charge in [0.1, 0.15) is 0 Å². The van der Waals surface area contributed by atoms with Gasteiger partial charge in [-0.25, -0.2) is 0 Å². The predicted molar refractivity (Wildman–Crippen MR) is 84.8 cm³/mol. The Morgan fingerprint density at radius 1 is 1.05 bits per heavy atom. The largest absolute Gasteiger partial charge is 0.338 e. The molecular weight excluding hydrogens is 260 g/mol. The lowest BCUT2D eigenvalue weighted by molar-refractivity contribution is -0.137. The number of hydrogen-bond acceptors (Lipinski definition) is 2. The van der Waals surface area contributed by atoms with Crippen LogP contribution < -0.4 is 5.32 Å². The summed E-state index contributed by atoms with van der Waals surface area (Å²) < 4.78 is 0. The average molecular weight is 286 g/mol. The van der Waals surface area contributed by atoms with Gasteiger partial charge in [0, 0.05) is 19.0 Å². The van der Waals surface area contributed by atoms with Crippen LogP contribution in [0.3, 0.4) is 0 Å². The Kier molecular flexibility index (Phi) is 4.91. The molecule has 0 bridgehead atoms. The molecule has 2 aliphatic rings. The van der Waals surface area contributed by atoms with Gasteiger partial charge in [0.05, 0.1) is 0 Å². The number of carbonyl (C=O) groups is 1. The van der Waals surface area contributed by atoms with Gasteiger partial charge in [-0.2, -0.15) is 0 Å². The summed E-state index contributed by atoms with van der Waals surface area (Å²) in [5, 5.41) is 3.41. The molecule has 0 spiro atoms. The van der Waals surface area contributed by atoms with Gasteiger partial charge in [0.2, 0.25) is 5.91 Å². The molecule has 3 nitrogen and oxygen atoms in total. The quantitative estimate of drug-likeness (QED) is 0.926. The summed E-state index contributed by atoms with van der Waals surface area (Å²) in [5.41, 5.74) is 1.25. The van der Waals surface area contributed by atoms with E-state index in [2.05, 4.69) is 34.5 Å². The third kappa shape index (κ3) is 3.65. The van der Waals surface area contributed by atoms with Crippen LogP contribution >= 0.6 is 0 Å². The van der Waals surface area contributed by atoms with E-state index in [1.165, 1.54) is 12.0 Å². The number of amides is 1. The van der Waals surface area contributed by atoms with Crippen LogP contribution in [0.2, 0.25) is 0 Å². The number of hydrogen-bond donors (Lipinski definition) is 1. The van der Waals surface area contributed by atoms with E-state index >= 15 is 0 Å². The Bertz CT molecular complexity index is 454. The molecule has 114 valence electrons. The SMILES string of the molecule is O=C1[C@H](C2CCNCC2)CCCCN1Cc1ccccc1. The van der Waals surface area contributed by atoms with E-state index in [-0.39, 0.29) is 5.92 Å². The predicted octanol–water partition coefficient (Wildman–Crippen LogP) is 2.81. The highest BCUT2D eigenvalue weighted by atomic mass is 16.2. The number of carbonyl (C=O) groups excluding carboxylic acids is 1. The third-order valence-electron chi connectivity index (χ3n) is 4.99. The summed E-state index contributed by atoms with van der Waals surface area (Å²) >= 11 is 0. The van der Waals surface area contributed by atoms with Crippen molar-refractivity contribution in [2.24, 2.45) is 11.8 Å². The summed E-state index contributed by atoms with van der Waals surface area (Å²) in [4.78, 5) is 15.1. The van der Waals surface area contributed by atoms with Crippen molar-refractivity contribution in [3.05, 3.63) is 35.9 Å². The van der Waals surface area contributed by atoms with Crippen molar-refractivity contribution in [3.8, 4) is 0 Å². The number of rotatable bonds is 3. The fourth-order valence-corrected chi connectivity index (χ4v) is 3.78. The van der Waals surface area contributed by atoms with Gasteiger partial charge in [-0.15, -0.1) is 0 Å². The molecule has 0 unspecified atom stereocenters. The maximum absolute atomic E-state index is 13.0. The zero-order chi connectivity index (χ0) is 14.5. The molecule has 1 amide bonds. The molecule has 0 aromatic heterocycles. The second kappa shape index (κ2) is 7.08. The summed E-state index contributed by atoms with van der Waals surface area (Å²) in [7, 11) is 0. The number of benzene rings is 1. The monoisotopic (exact) mass is 286 g/mol. The van der Waals surface area contributed by atoms with Crippen molar-refractivity contribution >= 4 is 5.91 Å². The molecule has 0 aliphatic carbocycles. The minimum Gasteiger partial charge on any atom is -0.338 e. The first-order chi connectivity index (χ1) is 10.3. The van der Waals surface area contributed by atoms with Crippen molar-refractivity contribution in [2.45, 2.75) is 38.6 Å². The Labute approximate surface area is 127 Å². The lowest BCUT2D eigenvalue weighted by atomic mass is 9.81. The first kappa shape index (κ1) is 14.6. The molecule has 2 fully saturated rings. The second-order valence-corrected chi connectivity index (χ2v) is 6.44. The zero-order valence-corrected chi connectivity index (χ0v) is 12.8. The fraction of sp³-hybridized carbons (Fsp3) is 0.611. The van der Waals surface area contributed by atoms with Crippen molar-refractivity contribution < 1.29 is 4.79 Å². The van der Waals surface area contributed by atoms with Crippen LogP contribution in [0.4, 0.5) is 0 Å². The topological polar surface area (TPSA) is 32.3 Å². The van der Waals surface area contributed by atoms with Crippen LogP contribution in [0.15, 0.2) is 30.3 Å². The molecular formula is C18H26N2O. The van der Waals surface area contributed by atoms with E-state index in [4.69, 9.17) is 0 Å². The maximum Gasteiger partial charge on any atom is 0.226 e. The fourth-order valence-electron chi connectivity index (χ4n) is 3.78. The zero-order valence-electron chi connectivity index (χ0n) is 12.8. The Hall–Kier alpha value is -1.35. The van der Waals surface area contributed by atoms with E-state index in [0.717, 1.165) is 51.9 Å². The van der Waals surface area contributed by atoms with Gasteiger partial charge in [0.25, 0.3) is 0 Å². The van der Waals surface area contributed by atoms with Gasteiger partial charge in [-0.3, -0.25) is 4.79 Å². The van der Waals surface area contributed by atoms with Crippen molar-refractivity contribution in [1.82, 2.24) is 10.2 Å². The Morgan fingerprint density at radius 2 is 1.81 bits per heavy atom. The van der Waals surface area contributed by atoms with Gasteiger partial charge >= 0.3 is 0 Å². The van der Waals surface area contributed by atoms with E-state index in [0.29, 0.717) is 11.8 Å². The van der Waals surface area contributed by atoms with Gasteiger partial charge in [-0.1, -0.05) is 36.8 Å². The van der Waals surface area contributed by atoms with Crippen molar-refractivity contribution in [2.75, 3.05) is 19.6 Å². The van der Waals surface area contributed by atoms with Crippen LogP contribution in [0.25, 0.3) is 0 Å². The van der Waals surface area contributed by atoms with Gasteiger partial charge in [-0.05, 0) is 50.3 Å². The summed E-state index contributed by atoms with van der Waals surface area (Å²) in [6, 6.07) is 10.4. The van der Waals surface area contributed by atoms with E-state index in [1.54, 1.807) is 0 Å². The van der Waals surface area contributed by atoms with Crippen LogP contribution in [-0.4, -0.2) is 30.4 Å². The third-order valence-corrected chi connectivity index (χ3v) is 4.99. The van der Waals surface area contributed by atoms with Crippen molar-refractivity contribution in [3.63, 3.8) is 0 Å². The van der Waals surface area contributed by atoms with Crippen molar-refractivity contribution in [1.29, 1.82) is 0 Å². The Morgan fingerprint density at radius 3 is 2.57 bits per heavy atom. The van der Waals surface area contributed by atoms with E-state index in [1.807, 2.05) is 6.07 Å². The molecule has 0 radical (unpaired) electrons. The summed E-state index contributed by atoms with van der Waals surface area (Å²) in [6.45, 7) is 3.86. The van der Waals surface area contributed by atoms with Crippen LogP contribution in [0.5, 0.6) is 0 Å². The molecule has 3 heteroatoms. The van der Waals surface area contributed by atoms with Gasteiger partial charge < -0.3 is 10.2 Å². The molecule has 2 heterocycles. The molecule has 0 saturated carbocycles. The van der Waals surface area contributed by atoms with Crippen LogP contribution in [-0.2, 0) is 11.3 Å². The minimum absolute atomic E-state index is 0.262. The number of nitrogens with zero attached hydrogens (tertiary/aromatic N) is 1. The minimum atomic E-state index is 0.262. The van der Waals surface area contributed by atoms with Crippen LogP contribution in [0, 0.1) is 11.8 Å². The molecule has 1 N–H and O–H groups in total. The average Bonchev–Trinajstić information content (AvgIpc) is 2.72. The summed E-state index contributed by atoms with van der Waals surface area (Å²) in [6.07, 6.45) is 5.77. The number of likely N-dealkylation sites (tertiary alicyclic amines) is 1. The number of nitrogens with one attached hydrogen (secondary N) is 1. The highest BCUT2D eigenvalue weighted by Crippen LogP contribution is 2.31. The summed E-state index contributed by atoms with van der Waals surface area (Å²) in [5.74, 6) is 1.26. The normalized spacial score (nSPS) is 24.9.